The number of aromatic nitrogens is 4. The van der Waals surface area contributed by atoms with Crippen LogP contribution in [0, 0.1) is 0 Å². The second-order valence-corrected chi connectivity index (χ2v) is 9.36. The number of hydrogen-bond acceptors (Lipinski definition) is 8. The third-order valence-electron chi connectivity index (χ3n) is 3.89. The van der Waals surface area contributed by atoms with Gasteiger partial charge in [-0.25, -0.2) is 4.98 Å². The molecule has 0 amide bonds. The van der Waals surface area contributed by atoms with Crippen LogP contribution in [0.25, 0.3) is 11.2 Å². The Bertz CT molecular complexity index is 1060. The van der Waals surface area contributed by atoms with E-state index in [-0.39, 0.29) is 29.9 Å². The lowest BCUT2D eigenvalue weighted by atomic mass is 10.3. The maximum atomic E-state index is 13.5. The molecule has 0 atom stereocenters. The molecule has 0 fully saturated rings. The van der Waals surface area contributed by atoms with Gasteiger partial charge in [0.15, 0.2) is 10.8 Å². The largest absolute Gasteiger partial charge is 0.491 e. The van der Waals surface area contributed by atoms with Crippen LogP contribution in [-0.4, -0.2) is 38.3 Å². The number of para-hydroxylation sites is 1. The lowest BCUT2D eigenvalue weighted by molar-refractivity contribution is 0.149. The molecule has 2 N–H and O–H groups in total. The molecule has 30 heavy (non-hydrogen) atoms. The van der Waals surface area contributed by atoms with E-state index in [1.165, 1.54) is 0 Å². The van der Waals surface area contributed by atoms with E-state index in [1.54, 1.807) is 35.2 Å². The number of halogens is 1. The van der Waals surface area contributed by atoms with Crippen LogP contribution in [0.15, 0.2) is 30.6 Å². The third-order valence-corrected chi connectivity index (χ3v) is 6.51. The van der Waals surface area contributed by atoms with Crippen molar-refractivity contribution in [1.29, 1.82) is 0 Å². The van der Waals surface area contributed by atoms with E-state index < -0.39 is 7.60 Å². The molecule has 0 saturated heterocycles. The van der Waals surface area contributed by atoms with Crippen molar-refractivity contribution >= 4 is 41.6 Å². The summed E-state index contributed by atoms with van der Waals surface area (Å²) in [5.74, 6) is 0.497. The Morgan fingerprint density at radius 2 is 1.80 bits per heavy atom. The minimum Gasteiger partial charge on any atom is -0.491 e. The van der Waals surface area contributed by atoms with Crippen LogP contribution in [0.1, 0.15) is 27.7 Å². The molecule has 0 bridgehead atoms. The quantitative estimate of drug-likeness (QED) is 0.384. The van der Waals surface area contributed by atoms with Crippen molar-refractivity contribution < 1.29 is 18.3 Å². The van der Waals surface area contributed by atoms with Gasteiger partial charge >= 0.3 is 7.60 Å². The van der Waals surface area contributed by atoms with Crippen molar-refractivity contribution in [3.8, 4) is 5.75 Å². The SMILES string of the molecule is CC(C)OP(=O)(OC(C)C)c1ccccc1OCCn1cnc2c(Cl)nc(N)nc21. The molecule has 0 aliphatic heterocycles. The highest BCUT2D eigenvalue weighted by molar-refractivity contribution is 7.62. The third kappa shape index (κ3) is 5.10. The molecule has 0 unspecified atom stereocenters. The second-order valence-electron chi connectivity index (χ2n) is 7.10. The molecule has 3 rings (SSSR count). The van der Waals surface area contributed by atoms with Crippen LogP contribution in [0.2, 0.25) is 5.15 Å². The van der Waals surface area contributed by atoms with Gasteiger partial charge in [0.25, 0.3) is 0 Å². The first kappa shape index (κ1) is 22.5. The van der Waals surface area contributed by atoms with Crippen LogP contribution in [-0.2, 0) is 20.2 Å². The van der Waals surface area contributed by atoms with Crippen LogP contribution < -0.4 is 15.8 Å². The van der Waals surface area contributed by atoms with Crippen LogP contribution >= 0.6 is 19.2 Å². The second kappa shape index (κ2) is 9.31. The summed E-state index contributed by atoms with van der Waals surface area (Å²) in [6.45, 7) is 7.90. The predicted octanol–water partition coefficient (Wildman–Crippen LogP) is 3.81. The van der Waals surface area contributed by atoms with Crippen molar-refractivity contribution in [2.45, 2.75) is 46.4 Å². The first-order chi connectivity index (χ1) is 14.2. The molecule has 11 heteroatoms. The topological polar surface area (TPSA) is 114 Å². The fourth-order valence-electron chi connectivity index (χ4n) is 2.84. The smallest absolute Gasteiger partial charge is 0.365 e. The number of nitrogens with zero attached hydrogens (tertiary/aromatic N) is 4. The molecule has 0 saturated carbocycles. The predicted molar refractivity (Wildman–Crippen MR) is 116 cm³/mol. The maximum absolute atomic E-state index is 13.5. The van der Waals surface area contributed by atoms with Gasteiger partial charge in [-0.3, -0.25) is 4.57 Å². The number of hydrogen-bond donors (Lipinski definition) is 1. The van der Waals surface area contributed by atoms with Gasteiger partial charge in [-0.2, -0.15) is 9.97 Å². The molecular formula is C19H25ClN5O4P. The van der Waals surface area contributed by atoms with Crippen LogP contribution in [0.5, 0.6) is 5.75 Å². The highest BCUT2D eigenvalue weighted by Crippen LogP contribution is 2.51. The van der Waals surface area contributed by atoms with Crippen LogP contribution in [0.4, 0.5) is 5.95 Å². The van der Waals surface area contributed by atoms with Gasteiger partial charge in [0.1, 0.15) is 23.2 Å². The van der Waals surface area contributed by atoms with Gasteiger partial charge < -0.3 is 24.1 Å². The van der Waals surface area contributed by atoms with E-state index in [4.69, 9.17) is 31.1 Å². The molecule has 2 heterocycles. The molecule has 0 aliphatic rings. The minimum atomic E-state index is -3.57. The van der Waals surface area contributed by atoms with Crippen LogP contribution in [0.3, 0.4) is 0 Å². The van der Waals surface area contributed by atoms with Crippen molar-refractivity contribution in [1.82, 2.24) is 19.5 Å². The highest BCUT2D eigenvalue weighted by Gasteiger charge is 2.33. The number of ether oxygens (including phenoxy) is 1. The summed E-state index contributed by atoms with van der Waals surface area (Å²) in [6, 6.07) is 7.00. The number of anilines is 1. The van der Waals surface area contributed by atoms with Gasteiger partial charge in [0, 0.05) is 0 Å². The number of fused-ring (bicyclic) bond motifs is 1. The molecule has 1 aromatic carbocycles. The Hall–Kier alpha value is -2.19. The Morgan fingerprint density at radius 3 is 2.47 bits per heavy atom. The molecule has 3 aromatic rings. The average molecular weight is 454 g/mol. The average Bonchev–Trinajstić information content (AvgIpc) is 3.04. The van der Waals surface area contributed by atoms with E-state index in [2.05, 4.69) is 15.0 Å². The Labute approximate surface area is 180 Å². The fourth-order valence-corrected chi connectivity index (χ4v) is 5.13. The molecular weight excluding hydrogens is 429 g/mol. The Kier molecular flexibility index (Phi) is 6.98. The molecule has 2 aromatic heterocycles. The molecule has 9 nitrogen and oxygen atoms in total. The number of nitrogens with two attached hydrogens (primary N) is 1. The van der Waals surface area contributed by atoms with Gasteiger partial charge in [0.05, 0.1) is 25.1 Å². The summed E-state index contributed by atoms with van der Waals surface area (Å²) in [7, 11) is -3.57. The summed E-state index contributed by atoms with van der Waals surface area (Å²) >= 11 is 6.06. The molecule has 0 radical (unpaired) electrons. The van der Waals surface area contributed by atoms with Crippen molar-refractivity contribution in [3.05, 3.63) is 35.7 Å². The highest BCUT2D eigenvalue weighted by atomic mass is 35.5. The van der Waals surface area contributed by atoms with Gasteiger partial charge in [-0.05, 0) is 39.8 Å². The lowest BCUT2D eigenvalue weighted by Crippen LogP contribution is -2.20. The Balaban J connectivity index is 1.81. The monoisotopic (exact) mass is 453 g/mol. The van der Waals surface area contributed by atoms with Crippen molar-refractivity contribution in [3.63, 3.8) is 0 Å². The van der Waals surface area contributed by atoms with Gasteiger partial charge in [-0.15, -0.1) is 0 Å². The minimum absolute atomic E-state index is 0.0677. The zero-order chi connectivity index (χ0) is 21.9. The summed E-state index contributed by atoms with van der Waals surface area (Å²) in [4.78, 5) is 12.3. The van der Waals surface area contributed by atoms with E-state index in [1.807, 2.05) is 27.7 Å². The zero-order valence-corrected chi connectivity index (χ0v) is 18.9. The van der Waals surface area contributed by atoms with Crippen molar-refractivity contribution in [2.75, 3.05) is 12.3 Å². The fraction of sp³-hybridized carbons (Fsp3) is 0.421. The number of imidazole rings is 1. The summed E-state index contributed by atoms with van der Waals surface area (Å²) in [5, 5.41) is 0.581. The summed E-state index contributed by atoms with van der Waals surface area (Å²) in [5.41, 5.74) is 6.66. The standard InChI is InChI=1S/C19H25ClN5O4P/c1-12(2)28-30(26,29-13(3)4)15-8-6-5-7-14(15)27-10-9-25-11-22-16-17(20)23-19(21)24-18(16)25/h5-8,11-13H,9-10H2,1-4H3,(H2,21,23,24). The summed E-state index contributed by atoms with van der Waals surface area (Å²) in [6.07, 6.45) is 1.03. The summed E-state index contributed by atoms with van der Waals surface area (Å²) < 4.78 is 32.6. The molecule has 162 valence electrons. The Morgan fingerprint density at radius 1 is 1.13 bits per heavy atom. The normalized spacial score (nSPS) is 12.2. The first-order valence-corrected chi connectivity index (χ1v) is 11.4. The van der Waals surface area contributed by atoms with Gasteiger partial charge in [0.2, 0.25) is 5.95 Å². The number of benzene rings is 1. The number of rotatable bonds is 9. The van der Waals surface area contributed by atoms with E-state index >= 15 is 0 Å². The van der Waals surface area contributed by atoms with Gasteiger partial charge in [-0.1, -0.05) is 23.7 Å². The molecule has 0 aliphatic carbocycles. The van der Waals surface area contributed by atoms with Crippen molar-refractivity contribution in [2.24, 2.45) is 0 Å². The first-order valence-electron chi connectivity index (χ1n) is 9.52. The van der Waals surface area contributed by atoms with E-state index in [0.29, 0.717) is 28.8 Å². The van der Waals surface area contributed by atoms with E-state index in [0.717, 1.165) is 0 Å². The maximum Gasteiger partial charge on any atom is 0.365 e. The number of nitrogen functional groups attached to an aromatic ring is 1. The zero-order valence-electron chi connectivity index (χ0n) is 17.3. The molecule has 0 spiro atoms. The lowest BCUT2D eigenvalue weighted by Gasteiger charge is -2.24. The van der Waals surface area contributed by atoms with E-state index in [9.17, 15) is 4.57 Å².